The largest absolute Gasteiger partial charge is 0.493 e. The van der Waals surface area contributed by atoms with Crippen molar-refractivity contribution in [3.8, 4) is 11.5 Å². The van der Waals surface area contributed by atoms with Crippen molar-refractivity contribution < 1.29 is 17.9 Å². The second-order valence-corrected chi connectivity index (χ2v) is 10.0. The van der Waals surface area contributed by atoms with Crippen molar-refractivity contribution in [2.75, 3.05) is 26.5 Å². The number of rotatable bonds is 8. The van der Waals surface area contributed by atoms with E-state index in [0.29, 0.717) is 17.9 Å². The predicted octanol–water partition coefficient (Wildman–Crippen LogP) is 3.94. The molecule has 0 fully saturated rings. The molecule has 1 unspecified atom stereocenters. The van der Waals surface area contributed by atoms with Crippen LogP contribution in [0.25, 0.3) is 16.5 Å². The van der Waals surface area contributed by atoms with Crippen LogP contribution in [0.4, 0.5) is 0 Å². The van der Waals surface area contributed by atoms with Gasteiger partial charge in [-0.1, -0.05) is 36.4 Å². The van der Waals surface area contributed by atoms with Crippen LogP contribution in [0.2, 0.25) is 0 Å². The molecule has 0 aliphatic carbocycles. The maximum Gasteiger partial charge on any atom is 0.162 e. The fourth-order valence-corrected chi connectivity index (χ4v) is 5.62. The summed E-state index contributed by atoms with van der Waals surface area (Å²) in [6, 6.07) is 14.1. The average Bonchev–Trinajstić information content (AvgIpc) is 3.18. The number of H-pyrrole nitrogens is 1. The van der Waals surface area contributed by atoms with Crippen LogP contribution in [-0.2, 0) is 15.6 Å². The summed E-state index contributed by atoms with van der Waals surface area (Å²) in [5.41, 5.74) is 4.06. The number of hydrogen-bond acceptors (Lipinski definition) is 5. The highest BCUT2D eigenvalue weighted by Crippen LogP contribution is 2.34. The molecule has 1 aliphatic rings. The zero-order valence-corrected chi connectivity index (χ0v) is 18.7. The van der Waals surface area contributed by atoms with Crippen molar-refractivity contribution >= 4 is 26.3 Å². The van der Waals surface area contributed by atoms with Gasteiger partial charge in [0.2, 0.25) is 0 Å². The molecule has 164 valence electrons. The van der Waals surface area contributed by atoms with Gasteiger partial charge in [0.1, 0.15) is 0 Å². The van der Waals surface area contributed by atoms with E-state index in [1.54, 1.807) is 20.4 Å². The first-order valence-corrected chi connectivity index (χ1v) is 12.2. The Hall–Kier alpha value is -2.77. The van der Waals surface area contributed by atoms with Gasteiger partial charge >= 0.3 is 0 Å². The monoisotopic (exact) mass is 440 g/mol. The van der Waals surface area contributed by atoms with Gasteiger partial charge in [0.05, 0.1) is 25.7 Å². The summed E-state index contributed by atoms with van der Waals surface area (Å²) in [5.74, 6) is 1.33. The Morgan fingerprint density at radius 1 is 1.06 bits per heavy atom. The lowest BCUT2D eigenvalue weighted by Crippen LogP contribution is -2.34. The van der Waals surface area contributed by atoms with Crippen LogP contribution in [0, 0.1) is 0 Å². The molecular weight excluding hydrogens is 412 g/mol. The third-order valence-electron chi connectivity index (χ3n) is 5.79. The van der Waals surface area contributed by atoms with Crippen molar-refractivity contribution in [1.29, 1.82) is 0 Å². The molecular formula is C24H28N2O4S. The van der Waals surface area contributed by atoms with E-state index in [2.05, 4.69) is 28.5 Å². The van der Waals surface area contributed by atoms with E-state index in [0.717, 1.165) is 29.4 Å². The van der Waals surface area contributed by atoms with E-state index in [1.165, 1.54) is 11.1 Å². The van der Waals surface area contributed by atoms with Gasteiger partial charge in [-0.3, -0.25) is 0 Å². The van der Waals surface area contributed by atoms with Gasteiger partial charge < -0.3 is 19.8 Å². The first kappa shape index (κ1) is 21.5. The molecule has 1 atom stereocenters. The van der Waals surface area contributed by atoms with Crippen LogP contribution in [0.5, 0.6) is 11.5 Å². The molecule has 0 bridgehead atoms. The molecule has 6 nitrogen and oxygen atoms in total. The lowest BCUT2D eigenvalue weighted by molar-refractivity contribution is 0.356. The fourth-order valence-electron chi connectivity index (χ4n) is 4.12. The number of methoxy groups -OCH3 is 2. The molecule has 7 heteroatoms. The number of ether oxygens (including phenoxy) is 2. The minimum atomic E-state index is -3.26. The molecule has 2 N–H and O–H groups in total. The maximum atomic E-state index is 12.9. The molecule has 0 saturated heterocycles. The Labute approximate surface area is 183 Å². The molecule has 2 heterocycles. The smallest absolute Gasteiger partial charge is 0.162 e. The topological polar surface area (TPSA) is 80.4 Å². The lowest BCUT2D eigenvalue weighted by atomic mass is 9.94. The number of sulfone groups is 1. The van der Waals surface area contributed by atoms with Gasteiger partial charge in [-0.15, -0.1) is 0 Å². The summed E-state index contributed by atoms with van der Waals surface area (Å²) < 4.78 is 36.5. The number of aromatic amines is 1. The first-order valence-electron chi connectivity index (χ1n) is 10.4. The summed E-state index contributed by atoms with van der Waals surface area (Å²) in [5, 5.41) is 4.27. The summed E-state index contributed by atoms with van der Waals surface area (Å²) in [6.45, 7) is 0.763. The fraction of sp³-hybridized carbons (Fsp3) is 0.333. The molecule has 0 saturated carbocycles. The summed E-state index contributed by atoms with van der Waals surface area (Å²) in [7, 11) is -0.114. The van der Waals surface area contributed by atoms with Crippen molar-refractivity contribution in [3.05, 3.63) is 65.9 Å². The molecule has 0 amide bonds. The number of benzene rings is 2. The van der Waals surface area contributed by atoms with E-state index in [-0.39, 0.29) is 17.5 Å². The van der Waals surface area contributed by atoms with Crippen molar-refractivity contribution in [1.82, 2.24) is 10.3 Å². The molecule has 1 aliphatic heterocycles. The lowest BCUT2D eigenvalue weighted by Gasteiger charge is -2.24. The van der Waals surface area contributed by atoms with Gasteiger partial charge in [0.15, 0.2) is 21.3 Å². The third-order valence-corrected chi connectivity index (χ3v) is 7.40. The van der Waals surface area contributed by atoms with Crippen LogP contribution >= 0.6 is 0 Å². The molecule has 0 spiro atoms. The zero-order chi connectivity index (χ0) is 21.8. The van der Waals surface area contributed by atoms with Gasteiger partial charge in [-0.05, 0) is 35.6 Å². The molecule has 4 rings (SSSR count). The van der Waals surface area contributed by atoms with E-state index < -0.39 is 9.84 Å². The SMILES string of the molecule is COc1cc2[nH]cc(CS(=O)(=O)CCC3CC(c4ccccc4)=CCN3)c2cc1OC. The quantitative estimate of drug-likeness (QED) is 0.555. The molecule has 3 aromatic rings. The summed E-state index contributed by atoms with van der Waals surface area (Å²) in [6.07, 6.45) is 5.37. The average molecular weight is 441 g/mol. The Kier molecular flexibility index (Phi) is 6.34. The van der Waals surface area contributed by atoms with Crippen LogP contribution in [0.1, 0.15) is 24.0 Å². The minimum absolute atomic E-state index is 0.00339. The van der Waals surface area contributed by atoms with Crippen LogP contribution in [-0.4, -0.2) is 46.0 Å². The van der Waals surface area contributed by atoms with Gasteiger partial charge in [-0.25, -0.2) is 8.42 Å². The zero-order valence-electron chi connectivity index (χ0n) is 17.9. The highest BCUT2D eigenvalue weighted by Gasteiger charge is 2.21. The Morgan fingerprint density at radius 2 is 1.81 bits per heavy atom. The normalized spacial score (nSPS) is 16.8. The predicted molar refractivity (Wildman–Crippen MR) is 124 cm³/mol. The van der Waals surface area contributed by atoms with E-state index in [1.807, 2.05) is 30.3 Å². The second kappa shape index (κ2) is 9.16. The highest BCUT2D eigenvalue weighted by molar-refractivity contribution is 7.90. The van der Waals surface area contributed by atoms with E-state index in [9.17, 15) is 8.42 Å². The molecule has 31 heavy (non-hydrogen) atoms. The highest BCUT2D eigenvalue weighted by atomic mass is 32.2. The van der Waals surface area contributed by atoms with Crippen LogP contribution < -0.4 is 14.8 Å². The number of aromatic nitrogens is 1. The number of hydrogen-bond donors (Lipinski definition) is 2. The number of fused-ring (bicyclic) bond motifs is 1. The van der Waals surface area contributed by atoms with Gasteiger partial charge in [0.25, 0.3) is 0 Å². The van der Waals surface area contributed by atoms with Gasteiger partial charge in [0, 0.05) is 35.8 Å². The number of nitrogens with one attached hydrogen (secondary N) is 2. The second-order valence-electron chi connectivity index (χ2n) is 7.85. The molecule has 2 aromatic carbocycles. The summed E-state index contributed by atoms with van der Waals surface area (Å²) >= 11 is 0. The van der Waals surface area contributed by atoms with E-state index >= 15 is 0 Å². The Morgan fingerprint density at radius 3 is 2.55 bits per heavy atom. The Balaban J connectivity index is 1.42. The standard InChI is InChI=1S/C24H28N2O4S/c1-29-23-13-21-19(15-26-22(21)14-24(23)30-2)16-31(27,28)11-9-20-12-18(8-10-25-20)17-6-4-3-5-7-17/h3-8,13-15,20,25-26H,9-12,16H2,1-2H3. The van der Waals surface area contributed by atoms with Crippen LogP contribution in [0.15, 0.2) is 54.7 Å². The first-order chi connectivity index (χ1) is 15.0. The van der Waals surface area contributed by atoms with Crippen molar-refractivity contribution in [2.24, 2.45) is 0 Å². The maximum absolute atomic E-state index is 12.9. The summed E-state index contributed by atoms with van der Waals surface area (Å²) in [4.78, 5) is 3.15. The van der Waals surface area contributed by atoms with E-state index in [4.69, 9.17) is 9.47 Å². The molecule has 0 radical (unpaired) electrons. The minimum Gasteiger partial charge on any atom is -0.493 e. The van der Waals surface area contributed by atoms with Crippen molar-refractivity contribution in [3.63, 3.8) is 0 Å². The van der Waals surface area contributed by atoms with Crippen LogP contribution in [0.3, 0.4) is 0 Å². The molecule has 1 aromatic heterocycles. The van der Waals surface area contributed by atoms with Crippen molar-refractivity contribution in [2.45, 2.75) is 24.6 Å². The third kappa shape index (κ3) is 4.94. The van der Waals surface area contributed by atoms with Gasteiger partial charge in [-0.2, -0.15) is 0 Å². The Bertz CT molecular complexity index is 1180.